The minimum absolute atomic E-state index is 0.0664. The normalized spacial score (nSPS) is 15.1. The van der Waals surface area contributed by atoms with Crippen LogP contribution in [0.2, 0.25) is 0 Å². The van der Waals surface area contributed by atoms with Crippen molar-refractivity contribution in [1.82, 2.24) is 14.8 Å². The van der Waals surface area contributed by atoms with Crippen LogP contribution in [0.3, 0.4) is 0 Å². The first-order valence-electron chi connectivity index (χ1n) is 9.59. The Bertz CT molecular complexity index is 934. The fourth-order valence-electron chi connectivity index (χ4n) is 3.13. The van der Waals surface area contributed by atoms with Gasteiger partial charge in [0.15, 0.2) is 0 Å². The summed E-state index contributed by atoms with van der Waals surface area (Å²) < 4.78 is 0. The summed E-state index contributed by atoms with van der Waals surface area (Å²) in [4.78, 5) is 33.5. The Balaban J connectivity index is 1.65. The standard InChI is InChI=1S/C22H26N4O2S/c1-4-17(19-6-5-11-29-19)9-10-26(3)21(28)8-7-16-12-18-14-25(2)15-20(27)24-22(18)23-13-16/h5-9,11-13H,4,10,14-15H2,1-3H3,(H,23,24,27). The van der Waals surface area contributed by atoms with Crippen LogP contribution < -0.4 is 5.32 Å². The van der Waals surface area contributed by atoms with Gasteiger partial charge in [-0.2, -0.15) is 0 Å². The summed E-state index contributed by atoms with van der Waals surface area (Å²) >= 11 is 1.71. The van der Waals surface area contributed by atoms with E-state index in [0.717, 1.165) is 17.5 Å². The summed E-state index contributed by atoms with van der Waals surface area (Å²) in [6.45, 7) is 3.65. The van der Waals surface area contributed by atoms with Gasteiger partial charge in [0.25, 0.3) is 0 Å². The van der Waals surface area contributed by atoms with E-state index in [9.17, 15) is 9.59 Å². The zero-order chi connectivity index (χ0) is 20.8. The molecule has 0 aromatic carbocycles. The van der Waals surface area contributed by atoms with E-state index in [4.69, 9.17) is 0 Å². The van der Waals surface area contributed by atoms with Crippen molar-refractivity contribution in [1.29, 1.82) is 0 Å². The maximum atomic E-state index is 12.5. The predicted molar refractivity (Wildman–Crippen MR) is 118 cm³/mol. The van der Waals surface area contributed by atoms with Crippen molar-refractivity contribution < 1.29 is 9.59 Å². The van der Waals surface area contributed by atoms with Gasteiger partial charge in [-0.1, -0.05) is 19.1 Å². The first-order chi connectivity index (χ1) is 14.0. The van der Waals surface area contributed by atoms with Crippen LogP contribution in [0.25, 0.3) is 11.6 Å². The first kappa shape index (κ1) is 21.0. The second-order valence-corrected chi connectivity index (χ2v) is 8.06. The number of pyridine rings is 1. The van der Waals surface area contributed by atoms with Crippen LogP contribution in [0.1, 0.15) is 29.3 Å². The first-order valence-corrected chi connectivity index (χ1v) is 10.5. The Kier molecular flexibility index (Phi) is 6.95. The lowest BCUT2D eigenvalue weighted by molar-refractivity contribution is -0.124. The molecular formula is C22H26N4O2S. The van der Waals surface area contributed by atoms with Crippen LogP contribution in [0.15, 0.2) is 41.9 Å². The number of hydrogen-bond acceptors (Lipinski definition) is 5. The van der Waals surface area contributed by atoms with Crippen molar-refractivity contribution in [2.45, 2.75) is 19.9 Å². The van der Waals surface area contributed by atoms with Crippen molar-refractivity contribution in [2.75, 3.05) is 32.5 Å². The summed E-state index contributed by atoms with van der Waals surface area (Å²) in [5, 5.41) is 4.87. The molecule has 0 saturated heterocycles. The number of allylic oxidation sites excluding steroid dienone is 1. The summed E-state index contributed by atoms with van der Waals surface area (Å²) in [6.07, 6.45) is 8.04. The molecule has 0 saturated carbocycles. The number of anilines is 1. The fraction of sp³-hybridized carbons (Fsp3) is 0.318. The van der Waals surface area contributed by atoms with E-state index < -0.39 is 0 Å². The van der Waals surface area contributed by atoms with Gasteiger partial charge in [-0.25, -0.2) is 4.98 Å². The topological polar surface area (TPSA) is 65.5 Å². The number of thiophene rings is 1. The molecule has 0 atom stereocenters. The summed E-state index contributed by atoms with van der Waals surface area (Å²) in [6, 6.07) is 6.10. The lowest BCUT2D eigenvalue weighted by Crippen LogP contribution is -2.26. The molecule has 152 valence electrons. The highest BCUT2D eigenvalue weighted by atomic mass is 32.1. The largest absolute Gasteiger partial charge is 0.338 e. The third-order valence-electron chi connectivity index (χ3n) is 4.72. The Morgan fingerprint density at radius 2 is 2.24 bits per heavy atom. The van der Waals surface area contributed by atoms with Crippen molar-refractivity contribution in [3.05, 3.63) is 57.9 Å². The van der Waals surface area contributed by atoms with E-state index in [1.54, 1.807) is 41.6 Å². The highest BCUT2D eigenvalue weighted by molar-refractivity contribution is 7.11. The molecule has 3 rings (SSSR count). The smallest absolute Gasteiger partial charge is 0.246 e. The number of fused-ring (bicyclic) bond motifs is 1. The van der Waals surface area contributed by atoms with E-state index in [2.05, 4.69) is 34.7 Å². The Labute approximate surface area is 175 Å². The van der Waals surface area contributed by atoms with E-state index in [1.807, 2.05) is 24.1 Å². The highest BCUT2D eigenvalue weighted by Gasteiger charge is 2.17. The number of likely N-dealkylation sites (N-methyl/N-ethyl adjacent to an activating group) is 2. The third-order valence-corrected chi connectivity index (χ3v) is 5.67. The molecule has 0 bridgehead atoms. The van der Waals surface area contributed by atoms with E-state index in [1.165, 1.54) is 10.5 Å². The van der Waals surface area contributed by atoms with E-state index >= 15 is 0 Å². The van der Waals surface area contributed by atoms with Crippen molar-refractivity contribution in [3.63, 3.8) is 0 Å². The van der Waals surface area contributed by atoms with Crippen molar-refractivity contribution in [2.24, 2.45) is 0 Å². The molecule has 0 spiro atoms. The number of hydrogen-bond donors (Lipinski definition) is 1. The Morgan fingerprint density at radius 1 is 1.41 bits per heavy atom. The number of amides is 2. The molecule has 1 aliphatic heterocycles. The van der Waals surface area contributed by atoms with Crippen molar-refractivity contribution >= 4 is 40.6 Å². The van der Waals surface area contributed by atoms with Gasteiger partial charge in [-0.3, -0.25) is 14.5 Å². The predicted octanol–water partition coefficient (Wildman–Crippen LogP) is 3.49. The van der Waals surface area contributed by atoms with Crippen LogP contribution in [0.5, 0.6) is 0 Å². The Hall–Kier alpha value is -2.77. The van der Waals surface area contributed by atoms with Crippen LogP contribution >= 0.6 is 11.3 Å². The quantitative estimate of drug-likeness (QED) is 0.741. The third kappa shape index (κ3) is 5.62. The number of nitrogens with zero attached hydrogens (tertiary/aromatic N) is 3. The molecule has 6 nitrogen and oxygen atoms in total. The fourth-order valence-corrected chi connectivity index (χ4v) is 3.97. The second kappa shape index (κ2) is 9.62. The maximum absolute atomic E-state index is 12.5. The molecule has 2 amide bonds. The van der Waals surface area contributed by atoms with Gasteiger partial charge < -0.3 is 10.2 Å². The zero-order valence-corrected chi connectivity index (χ0v) is 17.8. The van der Waals surface area contributed by atoms with E-state index in [0.29, 0.717) is 25.5 Å². The van der Waals surface area contributed by atoms with Gasteiger partial charge in [0, 0.05) is 42.9 Å². The van der Waals surface area contributed by atoms with E-state index in [-0.39, 0.29) is 11.8 Å². The molecule has 0 fully saturated rings. The van der Waals surface area contributed by atoms with Crippen LogP contribution in [-0.4, -0.2) is 53.8 Å². The van der Waals surface area contributed by atoms with Crippen molar-refractivity contribution in [3.8, 4) is 0 Å². The van der Waals surface area contributed by atoms with Gasteiger partial charge in [0.2, 0.25) is 11.8 Å². The molecule has 1 N–H and O–H groups in total. The minimum atomic E-state index is -0.0686. The molecule has 2 aromatic heterocycles. The number of carbonyl (C=O) groups excluding carboxylic acids is 2. The number of carbonyl (C=O) groups is 2. The van der Waals surface area contributed by atoms with Gasteiger partial charge in [0.05, 0.1) is 6.54 Å². The lowest BCUT2D eigenvalue weighted by Gasteiger charge is -2.14. The highest BCUT2D eigenvalue weighted by Crippen LogP contribution is 2.23. The Morgan fingerprint density at radius 3 is 2.97 bits per heavy atom. The van der Waals surface area contributed by atoms with Crippen LogP contribution in [-0.2, 0) is 16.1 Å². The minimum Gasteiger partial charge on any atom is -0.338 e. The summed E-state index contributed by atoms with van der Waals surface area (Å²) in [5.74, 6) is 0.454. The molecule has 0 radical (unpaired) electrons. The molecule has 3 heterocycles. The van der Waals surface area contributed by atoms with Crippen LogP contribution in [0.4, 0.5) is 5.82 Å². The SMILES string of the molecule is CCC(=CCN(C)C(=O)C=Cc1cnc2c(c1)CN(C)CC(=O)N2)c1cccs1. The average molecular weight is 411 g/mol. The van der Waals surface area contributed by atoms with Crippen LogP contribution in [0, 0.1) is 0 Å². The molecule has 2 aromatic rings. The monoisotopic (exact) mass is 410 g/mol. The summed E-state index contributed by atoms with van der Waals surface area (Å²) in [7, 11) is 3.69. The second-order valence-electron chi connectivity index (χ2n) is 7.11. The van der Waals surface area contributed by atoms with Gasteiger partial charge in [0.1, 0.15) is 5.82 Å². The summed E-state index contributed by atoms with van der Waals surface area (Å²) in [5.41, 5.74) is 3.02. The molecule has 7 heteroatoms. The molecule has 1 aliphatic rings. The molecule has 29 heavy (non-hydrogen) atoms. The zero-order valence-electron chi connectivity index (χ0n) is 17.0. The van der Waals surface area contributed by atoms with Gasteiger partial charge >= 0.3 is 0 Å². The average Bonchev–Trinajstić information content (AvgIpc) is 3.17. The molecule has 0 unspecified atom stereocenters. The lowest BCUT2D eigenvalue weighted by atomic mass is 10.1. The molecule has 0 aliphatic carbocycles. The maximum Gasteiger partial charge on any atom is 0.246 e. The number of rotatable bonds is 6. The van der Waals surface area contributed by atoms with Gasteiger partial charge in [-0.05, 0) is 48.2 Å². The van der Waals surface area contributed by atoms with Gasteiger partial charge in [-0.15, -0.1) is 11.3 Å². The number of aromatic nitrogens is 1. The number of nitrogens with one attached hydrogen (secondary N) is 1. The molecular weight excluding hydrogens is 384 g/mol.